The van der Waals surface area contributed by atoms with Crippen molar-refractivity contribution in [2.45, 2.75) is 6.61 Å². The summed E-state index contributed by atoms with van der Waals surface area (Å²) in [5.74, 6) is 1.26. The molecule has 0 saturated heterocycles. The minimum absolute atomic E-state index is 0.0248. The Kier molecular flexibility index (Phi) is 6.19. The minimum atomic E-state index is -0.264. The van der Waals surface area contributed by atoms with Crippen LogP contribution >= 0.6 is 0 Å². The quantitative estimate of drug-likeness (QED) is 0.456. The largest absolute Gasteiger partial charge is 0.492 e. The molecule has 0 spiro atoms. The predicted molar refractivity (Wildman–Crippen MR) is 118 cm³/mol. The van der Waals surface area contributed by atoms with E-state index in [4.69, 9.17) is 18.6 Å². The Morgan fingerprint density at radius 2 is 1.61 bits per heavy atom. The highest BCUT2D eigenvalue weighted by Crippen LogP contribution is 2.43. The molecular formula is C25H22O6. The predicted octanol–water partition coefficient (Wildman–Crippen LogP) is 4.42. The molecule has 1 N–H and O–H groups in total. The second kappa shape index (κ2) is 9.36. The third kappa shape index (κ3) is 4.39. The van der Waals surface area contributed by atoms with Gasteiger partial charge in [0.25, 0.3) is 0 Å². The normalized spacial score (nSPS) is 10.8. The Labute approximate surface area is 179 Å². The SMILES string of the molecule is COc1c(OCCO)c(OCc2ccccc2)cc2oc(-c3ccccc3)cc(=O)c12. The van der Waals surface area contributed by atoms with E-state index >= 15 is 0 Å². The van der Waals surface area contributed by atoms with Gasteiger partial charge in [-0.25, -0.2) is 0 Å². The van der Waals surface area contributed by atoms with Crippen molar-refractivity contribution in [2.24, 2.45) is 0 Å². The Bertz CT molecular complexity index is 1220. The Hall–Kier alpha value is -3.77. The first-order chi connectivity index (χ1) is 15.2. The van der Waals surface area contributed by atoms with Crippen molar-refractivity contribution in [1.82, 2.24) is 0 Å². The maximum atomic E-state index is 13.0. The zero-order valence-corrected chi connectivity index (χ0v) is 17.0. The van der Waals surface area contributed by atoms with Gasteiger partial charge < -0.3 is 23.7 Å². The van der Waals surface area contributed by atoms with Gasteiger partial charge in [0.05, 0.1) is 13.7 Å². The molecule has 31 heavy (non-hydrogen) atoms. The molecule has 1 heterocycles. The first-order valence-corrected chi connectivity index (χ1v) is 9.86. The Morgan fingerprint density at radius 1 is 0.903 bits per heavy atom. The van der Waals surface area contributed by atoms with Gasteiger partial charge >= 0.3 is 0 Å². The Balaban J connectivity index is 1.85. The third-order valence-corrected chi connectivity index (χ3v) is 4.73. The summed E-state index contributed by atoms with van der Waals surface area (Å²) in [6.45, 7) is 0.117. The monoisotopic (exact) mass is 418 g/mol. The van der Waals surface area contributed by atoms with Gasteiger partial charge in [0.1, 0.15) is 29.9 Å². The molecule has 0 aliphatic heterocycles. The van der Waals surface area contributed by atoms with Crippen molar-refractivity contribution in [3.63, 3.8) is 0 Å². The van der Waals surface area contributed by atoms with Crippen LogP contribution in [0.25, 0.3) is 22.3 Å². The maximum absolute atomic E-state index is 13.0. The van der Waals surface area contributed by atoms with Gasteiger partial charge in [0.15, 0.2) is 16.9 Å². The average Bonchev–Trinajstić information content (AvgIpc) is 2.82. The number of fused-ring (bicyclic) bond motifs is 1. The number of rotatable bonds is 8. The first kappa shape index (κ1) is 20.5. The van der Waals surface area contributed by atoms with E-state index in [9.17, 15) is 9.90 Å². The molecule has 0 unspecified atom stereocenters. The minimum Gasteiger partial charge on any atom is -0.492 e. The lowest BCUT2D eigenvalue weighted by atomic mass is 10.1. The molecule has 4 rings (SSSR count). The molecule has 0 radical (unpaired) electrons. The van der Waals surface area contributed by atoms with E-state index < -0.39 is 0 Å². The number of hydrogen-bond acceptors (Lipinski definition) is 6. The van der Waals surface area contributed by atoms with Gasteiger partial charge in [-0.05, 0) is 5.56 Å². The van der Waals surface area contributed by atoms with Crippen molar-refractivity contribution < 1.29 is 23.7 Å². The van der Waals surface area contributed by atoms with Crippen molar-refractivity contribution in [1.29, 1.82) is 0 Å². The van der Waals surface area contributed by atoms with Crippen LogP contribution in [0.5, 0.6) is 17.2 Å². The molecule has 0 aliphatic rings. The molecule has 0 saturated carbocycles. The first-order valence-electron chi connectivity index (χ1n) is 9.86. The molecule has 4 aromatic rings. The molecule has 1 aromatic heterocycles. The van der Waals surface area contributed by atoms with E-state index in [-0.39, 0.29) is 42.1 Å². The summed E-state index contributed by atoms with van der Waals surface area (Å²) in [6, 6.07) is 22.1. The van der Waals surface area contributed by atoms with E-state index in [0.717, 1.165) is 11.1 Å². The summed E-state index contributed by atoms with van der Waals surface area (Å²) in [4.78, 5) is 13.0. The highest BCUT2D eigenvalue weighted by Gasteiger charge is 2.22. The van der Waals surface area contributed by atoms with Crippen molar-refractivity contribution in [3.8, 4) is 28.6 Å². The summed E-state index contributed by atoms with van der Waals surface area (Å²) in [6.07, 6.45) is 0. The fourth-order valence-electron chi connectivity index (χ4n) is 3.31. The van der Waals surface area contributed by atoms with E-state index in [1.165, 1.54) is 13.2 Å². The van der Waals surface area contributed by atoms with Crippen LogP contribution in [0.15, 0.2) is 82.0 Å². The lowest BCUT2D eigenvalue weighted by Gasteiger charge is -2.17. The lowest BCUT2D eigenvalue weighted by molar-refractivity contribution is 0.187. The fraction of sp³-hybridized carbons (Fsp3) is 0.160. The van der Waals surface area contributed by atoms with Gasteiger partial charge in [-0.3, -0.25) is 4.79 Å². The van der Waals surface area contributed by atoms with Crippen LogP contribution in [0.1, 0.15) is 5.56 Å². The molecular weight excluding hydrogens is 396 g/mol. The highest BCUT2D eigenvalue weighted by atomic mass is 16.5. The molecule has 0 aliphatic carbocycles. The zero-order valence-electron chi connectivity index (χ0n) is 17.0. The van der Waals surface area contributed by atoms with E-state index in [2.05, 4.69) is 0 Å². The van der Waals surface area contributed by atoms with Crippen molar-refractivity contribution >= 4 is 11.0 Å². The smallest absolute Gasteiger partial charge is 0.204 e. The van der Waals surface area contributed by atoms with Gasteiger partial charge in [-0.2, -0.15) is 0 Å². The summed E-state index contributed by atoms with van der Waals surface area (Å²) in [5.41, 5.74) is 1.81. The van der Waals surface area contributed by atoms with Crippen LogP contribution in [0.2, 0.25) is 0 Å². The lowest BCUT2D eigenvalue weighted by Crippen LogP contribution is -2.09. The number of methoxy groups -OCH3 is 1. The average molecular weight is 418 g/mol. The van der Waals surface area contributed by atoms with Crippen LogP contribution in [0, 0.1) is 0 Å². The van der Waals surface area contributed by atoms with Gasteiger partial charge in [0, 0.05) is 17.7 Å². The molecule has 0 atom stereocenters. The van der Waals surface area contributed by atoms with Crippen molar-refractivity contribution in [3.05, 3.63) is 88.6 Å². The summed E-state index contributed by atoms with van der Waals surface area (Å²) in [7, 11) is 1.45. The number of hydrogen-bond donors (Lipinski definition) is 1. The standard InChI is InChI=1S/C25H22O6/c1-28-25-23-19(27)14-20(18-10-6-3-7-11-18)31-21(23)15-22(24(25)29-13-12-26)30-16-17-8-4-2-5-9-17/h2-11,14-15,26H,12-13,16H2,1H3. The van der Waals surface area contributed by atoms with Gasteiger partial charge in [-0.15, -0.1) is 0 Å². The van der Waals surface area contributed by atoms with Crippen LogP contribution in [0.3, 0.4) is 0 Å². The number of aliphatic hydroxyl groups excluding tert-OH is 1. The molecule has 0 bridgehead atoms. The number of ether oxygens (including phenoxy) is 3. The van der Waals surface area contributed by atoms with Crippen molar-refractivity contribution in [2.75, 3.05) is 20.3 Å². The Morgan fingerprint density at radius 3 is 2.29 bits per heavy atom. The molecule has 6 nitrogen and oxygen atoms in total. The van der Waals surface area contributed by atoms with E-state index in [0.29, 0.717) is 17.1 Å². The van der Waals surface area contributed by atoms with Crippen LogP contribution in [-0.4, -0.2) is 25.4 Å². The topological polar surface area (TPSA) is 78.1 Å². The van der Waals surface area contributed by atoms with Crippen LogP contribution < -0.4 is 19.6 Å². The molecule has 3 aromatic carbocycles. The second-order valence-electron chi connectivity index (χ2n) is 6.80. The third-order valence-electron chi connectivity index (χ3n) is 4.73. The summed E-state index contributed by atoms with van der Waals surface area (Å²) < 4.78 is 23.3. The van der Waals surface area contributed by atoms with Crippen LogP contribution in [-0.2, 0) is 6.61 Å². The molecule has 0 amide bonds. The van der Waals surface area contributed by atoms with Crippen LogP contribution in [0.4, 0.5) is 0 Å². The van der Waals surface area contributed by atoms with Gasteiger partial charge in [0.2, 0.25) is 5.75 Å². The molecule has 158 valence electrons. The highest BCUT2D eigenvalue weighted by molar-refractivity contribution is 5.90. The zero-order chi connectivity index (χ0) is 21.6. The maximum Gasteiger partial charge on any atom is 0.204 e. The number of aliphatic hydroxyl groups is 1. The van der Waals surface area contributed by atoms with Gasteiger partial charge in [-0.1, -0.05) is 60.7 Å². The molecule has 6 heteroatoms. The van der Waals surface area contributed by atoms with E-state index in [1.54, 1.807) is 6.07 Å². The van der Waals surface area contributed by atoms with E-state index in [1.807, 2.05) is 60.7 Å². The summed E-state index contributed by atoms with van der Waals surface area (Å²) >= 11 is 0. The summed E-state index contributed by atoms with van der Waals surface area (Å²) in [5, 5.41) is 9.49. The fourth-order valence-corrected chi connectivity index (χ4v) is 3.31. The molecule has 0 fully saturated rings. The number of benzene rings is 3. The second-order valence-corrected chi connectivity index (χ2v) is 6.80.